The first-order chi connectivity index (χ1) is 7.67. The van der Waals surface area contributed by atoms with E-state index in [1.807, 2.05) is 0 Å². The lowest BCUT2D eigenvalue weighted by Gasteiger charge is -2.11. The van der Waals surface area contributed by atoms with E-state index in [9.17, 15) is 10.1 Å². The molecule has 0 amide bonds. The smallest absolute Gasteiger partial charge is 0.269 e. The topological polar surface area (TPSA) is 95.2 Å². The molecule has 0 saturated heterocycles. The Morgan fingerprint density at radius 1 is 1.19 bits per heavy atom. The molecular formula is C11H17N3O2. The Kier molecular flexibility index (Phi) is 4.88. The van der Waals surface area contributed by atoms with Crippen LogP contribution in [0.3, 0.4) is 0 Å². The normalized spacial score (nSPS) is 10.7. The molecule has 1 rings (SSSR count). The summed E-state index contributed by atoms with van der Waals surface area (Å²) in [6, 6.07) is 6.61. The summed E-state index contributed by atoms with van der Waals surface area (Å²) in [4.78, 5) is 10.0. The van der Waals surface area contributed by atoms with Crippen molar-refractivity contribution >= 4 is 5.69 Å². The van der Waals surface area contributed by atoms with Crippen molar-refractivity contribution in [2.24, 2.45) is 17.4 Å². The summed E-state index contributed by atoms with van der Waals surface area (Å²) in [6.45, 7) is 1.17. The predicted octanol–water partition coefficient (Wildman–Crippen LogP) is 1.06. The van der Waals surface area contributed by atoms with Gasteiger partial charge in [-0.1, -0.05) is 12.1 Å². The minimum absolute atomic E-state index is 0.123. The molecule has 0 bridgehead atoms. The van der Waals surface area contributed by atoms with Crippen LogP contribution >= 0.6 is 0 Å². The van der Waals surface area contributed by atoms with E-state index in [1.165, 1.54) is 12.1 Å². The molecule has 0 heterocycles. The fraction of sp³-hybridized carbons (Fsp3) is 0.455. The number of aryl methyl sites for hydroxylation is 1. The first-order valence-electron chi connectivity index (χ1n) is 5.30. The second-order valence-corrected chi connectivity index (χ2v) is 3.80. The van der Waals surface area contributed by atoms with Crippen LogP contribution in [0.4, 0.5) is 5.69 Å². The van der Waals surface area contributed by atoms with Crippen LogP contribution in [0.25, 0.3) is 0 Å². The van der Waals surface area contributed by atoms with E-state index in [0.29, 0.717) is 19.0 Å². The van der Waals surface area contributed by atoms with Gasteiger partial charge >= 0.3 is 0 Å². The van der Waals surface area contributed by atoms with E-state index in [1.54, 1.807) is 12.1 Å². The lowest BCUT2D eigenvalue weighted by atomic mass is 9.99. The van der Waals surface area contributed by atoms with Crippen molar-refractivity contribution in [3.05, 3.63) is 39.9 Å². The molecular weight excluding hydrogens is 206 g/mol. The van der Waals surface area contributed by atoms with Crippen LogP contribution in [0.2, 0.25) is 0 Å². The lowest BCUT2D eigenvalue weighted by Crippen LogP contribution is -2.23. The highest BCUT2D eigenvalue weighted by atomic mass is 16.6. The molecule has 0 aliphatic rings. The third-order valence-corrected chi connectivity index (χ3v) is 2.66. The number of benzene rings is 1. The van der Waals surface area contributed by atoms with Crippen LogP contribution in [0, 0.1) is 16.0 Å². The number of nitro groups is 1. The molecule has 0 spiro atoms. The van der Waals surface area contributed by atoms with Crippen LogP contribution in [-0.2, 0) is 6.42 Å². The quantitative estimate of drug-likeness (QED) is 0.556. The molecule has 4 N–H and O–H groups in total. The number of hydrogen-bond donors (Lipinski definition) is 2. The van der Waals surface area contributed by atoms with Crippen molar-refractivity contribution in [3.8, 4) is 0 Å². The number of nitrogens with zero attached hydrogens (tertiary/aromatic N) is 1. The van der Waals surface area contributed by atoms with Crippen molar-refractivity contribution in [2.45, 2.75) is 12.8 Å². The monoisotopic (exact) mass is 223 g/mol. The Bertz CT molecular complexity index is 334. The summed E-state index contributed by atoms with van der Waals surface area (Å²) >= 11 is 0. The molecule has 1 aromatic carbocycles. The van der Waals surface area contributed by atoms with Crippen LogP contribution in [0.15, 0.2) is 24.3 Å². The number of rotatable bonds is 6. The molecule has 0 radical (unpaired) electrons. The maximum absolute atomic E-state index is 10.4. The Balaban J connectivity index is 2.52. The van der Waals surface area contributed by atoms with Crippen LogP contribution < -0.4 is 11.5 Å². The summed E-state index contributed by atoms with van der Waals surface area (Å²) in [6.07, 6.45) is 1.78. The standard InChI is InChI=1S/C11H17N3O2/c12-7-10(8-13)2-1-9-3-5-11(6-4-9)14(15)16/h3-6,10H,1-2,7-8,12-13H2. The fourth-order valence-electron chi connectivity index (χ4n) is 1.49. The molecule has 0 aliphatic carbocycles. The number of hydrogen-bond acceptors (Lipinski definition) is 4. The van der Waals surface area contributed by atoms with Crippen molar-refractivity contribution in [3.63, 3.8) is 0 Å². The first-order valence-corrected chi connectivity index (χ1v) is 5.30. The van der Waals surface area contributed by atoms with Gasteiger partial charge in [-0.2, -0.15) is 0 Å². The zero-order chi connectivity index (χ0) is 12.0. The van der Waals surface area contributed by atoms with Crippen LogP contribution in [0.1, 0.15) is 12.0 Å². The lowest BCUT2D eigenvalue weighted by molar-refractivity contribution is -0.384. The van der Waals surface area contributed by atoms with Crippen LogP contribution in [-0.4, -0.2) is 18.0 Å². The minimum Gasteiger partial charge on any atom is -0.330 e. The molecule has 0 aliphatic heterocycles. The third kappa shape index (κ3) is 3.60. The number of nitro benzene ring substituents is 1. The maximum Gasteiger partial charge on any atom is 0.269 e. The highest BCUT2D eigenvalue weighted by Crippen LogP contribution is 2.14. The highest BCUT2D eigenvalue weighted by Gasteiger charge is 2.06. The van der Waals surface area contributed by atoms with Crippen molar-refractivity contribution < 1.29 is 4.92 Å². The first kappa shape index (κ1) is 12.6. The van der Waals surface area contributed by atoms with E-state index in [0.717, 1.165) is 18.4 Å². The zero-order valence-electron chi connectivity index (χ0n) is 9.13. The fourth-order valence-corrected chi connectivity index (χ4v) is 1.49. The maximum atomic E-state index is 10.4. The number of nitrogens with two attached hydrogens (primary N) is 2. The second kappa shape index (κ2) is 6.19. The molecule has 5 nitrogen and oxygen atoms in total. The molecule has 0 saturated carbocycles. The molecule has 0 fully saturated rings. The third-order valence-electron chi connectivity index (χ3n) is 2.66. The molecule has 0 atom stereocenters. The summed E-state index contributed by atoms with van der Waals surface area (Å²) in [5.74, 6) is 0.329. The van der Waals surface area contributed by atoms with Gasteiger partial charge in [-0.3, -0.25) is 10.1 Å². The Labute approximate surface area is 94.6 Å². The van der Waals surface area contributed by atoms with Gasteiger partial charge in [-0.15, -0.1) is 0 Å². The van der Waals surface area contributed by atoms with E-state index >= 15 is 0 Å². The summed E-state index contributed by atoms with van der Waals surface area (Å²) in [5, 5.41) is 10.4. The Hall–Kier alpha value is -1.46. The summed E-state index contributed by atoms with van der Waals surface area (Å²) < 4.78 is 0. The number of non-ortho nitro benzene ring substituents is 1. The van der Waals surface area contributed by atoms with E-state index in [4.69, 9.17) is 11.5 Å². The van der Waals surface area contributed by atoms with Gasteiger partial charge in [0.15, 0.2) is 0 Å². The average Bonchev–Trinajstić information content (AvgIpc) is 2.31. The zero-order valence-corrected chi connectivity index (χ0v) is 9.13. The molecule has 1 aromatic rings. The van der Waals surface area contributed by atoms with Gasteiger partial charge in [-0.25, -0.2) is 0 Å². The highest BCUT2D eigenvalue weighted by molar-refractivity contribution is 5.32. The second-order valence-electron chi connectivity index (χ2n) is 3.80. The molecule has 0 unspecified atom stereocenters. The van der Waals surface area contributed by atoms with E-state index in [-0.39, 0.29) is 5.69 Å². The summed E-state index contributed by atoms with van der Waals surface area (Å²) in [7, 11) is 0. The molecule has 88 valence electrons. The Morgan fingerprint density at radius 3 is 2.19 bits per heavy atom. The SMILES string of the molecule is NCC(CN)CCc1ccc([N+](=O)[O-])cc1. The molecule has 16 heavy (non-hydrogen) atoms. The van der Waals surface area contributed by atoms with Crippen LogP contribution in [0.5, 0.6) is 0 Å². The predicted molar refractivity (Wildman–Crippen MR) is 63.0 cm³/mol. The Morgan fingerprint density at radius 2 is 1.75 bits per heavy atom. The summed E-state index contributed by atoms with van der Waals surface area (Å²) in [5.41, 5.74) is 12.3. The van der Waals surface area contributed by atoms with Gasteiger partial charge in [0.1, 0.15) is 0 Å². The van der Waals surface area contributed by atoms with Gasteiger partial charge in [0, 0.05) is 12.1 Å². The van der Waals surface area contributed by atoms with Crippen molar-refractivity contribution in [2.75, 3.05) is 13.1 Å². The van der Waals surface area contributed by atoms with Gasteiger partial charge in [0.25, 0.3) is 5.69 Å². The molecule has 0 aromatic heterocycles. The van der Waals surface area contributed by atoms with Gasteiger partial charge in [-0.05, 0) is 37.4 Å². The largest absolute Gasteiger partial charge is 0.330 e. The van der Waals surface area contributed by atoms with Crippen molar-refractivity contribution in [1.29, 1.82) is 0 Å². The minimum atomic E-state index is -0.396. The van der Waals surface area contributed by atoms with Gasteiger partial charge in [0.05, 0.1) is 4.92 Å². The average molecular weight is 223 g/mol. The van der Waals surface area contributed by atoms with Gasteiger partial charge in [0.2, 0.25) is 0 Å². The van der Waals surface area contributed by atoms with E-state index in [2.05, 4.69) is 0 Å². The van der Waals surface area contributed by atoms with Gasteiger partial charge < -0.3 is 11.5 Å². The molecule has 5 heteroatoms. The van der Waals surface area contributed by atoms with E-state index < -0.39 is 4.92 Å². The van der Waals surface area contributed by atoms with Crippen molar-refractivity contribution in [1.82, 2.24) is 0 Å².